The molecule has 0 fully saturated rings. The van der Waals surface area contributed by atoms with Crippen LogP contribution in [0.4, 0.5) is 5.69 Å². The second kappa shape index (κ2) is 11.3. The average Bonchev–Trinajstić information content (AvgIpc) is 2.74. The van der Waals surface area contributed by atoms with Gasteiger partial charge in [0.05, 0.1) is 11.9 Å². The maximum Gasteiger partial charge on any atom is 0.244 e. The molecule has 0 aliphatic carbocycles. The fourth-order valence-corrected chi connectivity index (χ4v) is 4.40. The molecule has 0 saturated heterocycles. The summed E-state index contributed by atoms with van der Waals surface area (Å²) < 4.78 is 26.4. The molecular formula is C25H35N3O4S. The molecule has 180 valence electrons. The maximum absolute atomic E-state index is 13.5. The highest BCUT2D eigenvalue weighted by molar-refractivity contribution is 7.92. The molecule has 33 heavy (non-hydrogen) atoms. The Balaban J connectivity index is 2.37. The van der Waals surface area contributed by atoms with Crippen LogP contribution in [0, 0.1) is 19.8 Å². The molecule has 0 aliphatic rings. The minimum Gasteiger partial charge on any atom is -0.354 e. The minimum absolute atomic E-state index is 0.195. The maximum atomic E-state index is 13.5. The number of carbonyl (C=O) groups excluding carboxylic acids is 2. The Bertz CT molecular complexity index is 1070. The number of hydrogen-bond acceptors (Lipinski definition) is 4. The predicted octanol–water partition coefficient (Wildman–Crippen LogP) is 3.26. The lowest BCUT2D eigenvalue weighted by Crippen LogP contribution is -2.51. The first-order chi connectivity index (χ1) is 15.4. The van der Waals surface area contributed by atoms with E-state index in [1.165, 1.54) is 4.90 Å². The summed E-state index contributed by atoms with van der Waals surface area (Å²) in [7, 11) is -3.74. The first-order valence-corrected chi connectivity index (χ1v) is 12.9. The van der Waals surface area contributed by atoms with Gasteiger partial charge in [0, 0.05) is 13.1 Å². The predicted molar refractivity (Wildman–Crippen MR) is 132 cm³/mol. The van der Waals surface area contributed by atoms with Crippen LogP contribution in [0.2, 0.25) is 0 Å². The summed E-state index contributed by atoms with van der Waals surface area (Å²) in [5, 5.41) is 2.87. The molecule has 0 bridgehead atoms. The average molecular weight is 474 g/mol. The van der Waals surface area contributed by atoms with Crippen LogP contribution in [0.5, 0.6) is 0 Å². The number of nitrogens with zero attached hydrogens (tertiary/aromatic N) is 2. The van der Waals surface area contributed by atoms with E-state index in [4.69, 9.17) is 0 Å². The molecule has 7 nitrogen and oxygen atoms in total. The standard InChI is InChI=1S/C25H35N3O4S/c1-18(2)15-26-25(30)21(5)27(16-22-10-8-7-9-11-22)24(29)17-28(33(6,31)32)23-13-12-19(3)14-20(23)4/h7-14,18,21H,15-17H2,1-6H3,(H,26,30). The van der Waals surface area contributed by atoms with Crippen molar-refractivity contribution in [3.8, 4) is 0 Å². The van der Waals surface area contributed by atoms with Crippen molar-refractivity contribution in [2.75, 3.05) is 23.7 Å². The fourth-order valence-electron chi connectivity index (χ4n) is 3.50. The van der Waals surface area contributed by atoms with Gasteiger partial charge in [-0.3, -0.25) is 13.9 Å². The Morgan fingerprint density at radius 3 is 2.18 bits per heavy atom. The molecule has 0 heterocycles. The van der Waals surface area contributed by atoms with Crippen molar-refractivity contribution in [1.82, 2.24) is 10.2 Å². The molecule has 2 aromatic rings. The molecule has 8 heteroatoms. The molecule has 0 aromatic heterocycles. The van der Waals surface area contributed by atoms with Crippen LogP contribution in [0.25, 0.3) is 0 Å². The van der Waals surface area contributed by atoms with Gasteiger partial charge >= 0.3 is 0 Å². The zero-order valence-electron chi connectivity index (χ0n) is 20.3. The topological polar surface area (TPSA) is 86.8 Å². The molecule has 1 N–H and O–H groups in total. The highest BCUT2D eigenvalue weighted by Crippen LogP contribution is 2.24. The van der Waals surface area contributed by atoms with Crippen molar-refractivity contribution >= 4 is 27.5 Å². The minimum atomic E-state index is -3.74. The van der Waals surface area contributed by atoms with E-state index in [0.29, 0.717) is 12.2 Å². The Kier molecular flexibility index (Phi) is 9.05. The monoisotopic (exact) mass is 473 g/mol. The number of amides is 2. The van der Waals surface area contributed by atoms with Gasteiger partial charge in [-0.1, -0.05) is 61.9 Å². The third kappa shape index (κ3) is 7.60. The van der Waals surface area contributed by atoms with E-state index in [-0.39, 0.29) is 18.4 Å². The van der Waals surface area contributed by atoms with E-state index in [1.807, 2.05) is 70.2 Å². The number of carbonyl (C=O) groups is 2. The number of anilines is 1. The summed E-state index contributed by atoms with van der Waals surface area (Å²) in [5.74, 6) is -0.452. The SMILES string of the molecule is Cc1ccc(N(CC(=O)N(Cc2ccccc2)C(C)C(=O)NCC(C)C)S(C)(=O)=O)c(C)c1. The van der Waals surface area contributed by atoms with Gasteiger partial charge < -0.3 is 10.2 Å². The summed E-state index contributed by atoms with van der Waals surface area (Å²) in [6.07, 6.45) is 1.08. The van der Waals surface area contributed by atoms with Gasteiger partial charge in [-0.2, -0.15) is 0 Å². The van der Waals surface area contributed by atoms with Crippen molar-refractivity contribution in [1.29, 1.82) is 0 Å². The summed E-state index contributed by atoms with van der Waals surface area (Å²) in [4.78, 5) is 27.7. The van der Waals surface area contributed by atoms with E-state index < -0.39 is 28.5 Å². The van der Waals surface area contributed by atoms with Gasteiger partial charge in [-0.15, -0.1) is 0 Å². The lowest BCUT2D eigenvalue weighted by Gasteiger charge is -2.32. The van der Waals surface area contributed by atoms with Crippen molar-refractivity contribution in [2.24, 2.45) is 5.92 Å². The molecule has 2 rings (SSSR count). The Morgan fingerprint density at radius 1 is 1.00 bits per heavy atom. The Morgan fingerprint density at radius 2 is 1.64 bits per heavy atom. The van der Waals surface area contributed by atoms with Crippen LogP contribution < -0.4 is 9.62 Å². The second-order valence-corrected chi connectivity index (χ2v) is 10.8. The van der Waals surface area contributed by atoms with Crippen molar-refractivity contribution in [2.45, 2.75) is 47.2 Å². The number of hydrogen-bond donors (Lipinski definition) is 1. The second-order valence-electron chi connectivity index (χ2n) is 8.88. The van der Waals surface area contributed by atoms with E-state index >= 15 is 0 Å². The van der Waals surface area contributed by atoms with Crippen molar-refractivity contribution < 1.29 is 18.0 Å². The molecule has 2 aromatic carbocycles. The Labute approximate surface area is 197 Å². The van der Waals surface area contributed by atoms with Crippen LogP contribution >= 0.6 is 0 Å². The summed E-state index contributed by atoms with van der Waals surface area (Å²) in [5.41, 5.74) is 3.06. The van der Waals surface area contributed by atoms with Crippen LogP contribution in [-0.4, -0.2) is 50.5 Å². The molecule has 0 radical (unpaired) electrons. The normalized spacial score (nSPS) is 12.3. The van der Waals surface area contributed by atoms with Gasteiger partial charge in [0.1, 0.15) is 12.6 Å². The zero-order chi connectivity index (χ0) is 24.8. The first-order valence-electron chi connectivity index (χ1n) is 11.1. The Hall–Kier alpha value is -2.87. The summed E-state index contributed by atoms with van der Waals surface area (Å²) >= 11 is 0. The molecule has 2 amide bonds. The molecule has 0 spiro atoms. The summed E-state index contributed by atoms with van der Waals surface area (Å²) in [6.45, 7) is 9.68. The lowest BCUT2D eigenvalue weighted by atomic mass is 10.1. The first kappa shape index (κ1) is 26.4. The van der Waals surface area contributed by atoms with E-state index in [9.17, 15) is 18.0 Å². The van der Waals surface area contributed by atoms with Gasteiger partial charge in [-0.05, 0) is 43.9 Å². The van der Waals surface area contributed by atoms with Crippen molar-refractivity contribution in [3.63, 3.8) is 0 Å². The highest BCUT2D eigenvalue weighted by Gasteiger charge is 2.30. The van der Waals surface area contributed by atoms with Gasteiger partial charge in [0.15, 0.2) is 0 Å². The third-order valence-corrected chi connectivity index (χ3v) is 6.47. The van der Waals surface area contributed by atoms with Gasteiger partial charge in [0.25, 0.3) is 0 Å². The molecule has 1 atom stereocenters. The largest absolute Gasteiger partial charge is 0.354 e. The highest BCUT2D eigenvalue weighted by atomic mass is 32.2. The molecule has 0 saturated carbocycles. The van der Waals surface area contributed by atoms with Crippen molar-refractivity contribution in [3.05, 3.63) is 65.2 Å². The molecular weight excluding hydrogens is 438 g/mol. The zero-order valence-corrected chi connectivity index (χ0v) is 21.1. The number of rotatable bonds is 10. The summed E-state index contributed by atoms with van der Waals surface area (Å²) in [6, 6.07) is 14.0. The number of aryl methyl sites for hydroxylation is 2. The van der Waals surface area contributed by atoms with Crippen LogP contribution in [0.1, 0.15) is 37.5 Å². The number of benzene rings is 2. The molecule has 1 unspecified atom stereocenters. The third-order valence-electron chi connectivity index (χ3n) is 5.35. The quantitative estimate of drug-likeness (QED) is 0.574. The van der Waals surface area contributed by atoms with E-state index in [2.05, 4.69) is 5.32 Å². The number of nitrogens with one attached hydrogen (secondary N) is 1. The van der Waals surface area contributed by atoms with Crippen LogP contribution in [0.15, 0.2) is 48.5 Å². The van der Waals surface area contributed by atoms with Crippen LogP contribution in [0.3, 0.4) is 0 Å². The lowest BCUT2D eigenvalue weighted by molar-refractivity contribution is -0.139. The van der Waals surface area contributed by atoms with E-state index in [1.54, 1.807) is 13.0 Å². The van der Waals surface area contributed by atoms with E-state index in [0.717, 1.165) is 27.3 Å². The van der Waals surface area contributed by atoms with Gasteiger partial charge in [0.2, 0.25) is 21.8 Å². The van der Waals surface area contributed by atoms with Gasteiger partial charge in [-0.25, -0.2) is 8.42 Å². The molecule has 0 aliphatic heterocycles. The fraction of sp³-hybridized carbons (Fsp3) is 0.440. The van der Waals surface area contributed by atoms with Crippen LogP contribution in [-0.2, 0) is 26.2 Å². The smallest absolute Gasteiger partial charge is 0.244 e. The number of sulfonamides is 1.